The predicted molar refractivity (Wildman–Crippen MR) is 152 cm³/mol. The van der Waals surface area contributed by atoms with Gasteiger partial charge in [-0.2, -0.15) is 0 Å². The standard InChI is InChI=1S/C31H33N5S/c1-2-9-27-22(6-1)7-5-8-24-19-28(34-35-30(24)27)29-20-32-31(37-29)33-25-13-10-21-11-14-26(15-12-23(21)18-25)36-16-3-4-17-36/h1-2,6,9-10,13,18-20,26H,3-5,7-8,11-12,14-17H2,(H,32,33). The minimum absolute atomic E-state index is 0.753. The number of hydrogen-bond acceptors (Lipinski definition) is 6. The smallest absolute Gasteiger partial charge is 0.187 e. The van der Waals surface area contributed by atoms with Crippen molar-refractivity contribution in [2.24, 2.45) is 0 Å². The maximum absolute atomic E-state index is 4.69. The largest absolute Gasteiger partial charge is 0.332 e. The summed E-state index contributed by atoms with van der Waals surface area (Å²) in [6.07, 6.45) is 12.9. The second-order valence-corrected chi connectivity index (χ2v) is 11.8. The molecule has 5 nitrogen and oxygen atoms in total. The first-order valence-electron chi connectivity index (χ1n) is 13.8. The van der Waals surface area contributed by atoms with Gasteiger partial charge in [0.2, 0.25) is 0 Å². The summed E-state index contributed by atoms with van der Waals surface area (Å²) in [5.74, 6) is 0. The maximum Gasteiger partial charge on any atom is 0.187 e. The first-order valence-corrected chi connectivity index (χ1v) is 14.7. The molecule has 2 aliphatic carbocycles. The second kappa shape index (κ2) is 9.99. The molecule has 2 aromatic carbocycles. The van der Waals surface area contributed by atoms with E-state index in [1.807, 2.05) is 6.20 Å². The SMILES string of the molecule is c1ccc2c(c1)CCCc1cc(-c3cnc(Nc4ccc5c(c4)CCC(N4CCCC4)CC5)s3)nnc1-2. The van der Waals surface area contributed by atoms with Gasteiger partial charge in [-0.25, -0.2) is 4.98 Å². The van der Waals surface area contributed by atoms with Gasteiger partial charge in [-0.05, 0) is 111 Å². The van der Waals surface area contributed by atoms with Crippen molar-refractivity contribution >= 4 is 22.2 Å². The van der Waals surface area contributed by atoms with Crippen LogP contribution in [0.4, 0.5) is 10.8 Å². The molecule has 1 fully saturated rings. The lowest BCUT2D eigenvalue weighted by atomic mass is 10.0. The van der Waals surface area contributed by atoms with Crippen molar-refractivity contribution in [3.8, 4) is 21.8 Å². The molecule has 1 saturated heterocycles. The molecular formula is C31H33N5S. The van der Waals surface area contributed by atoms with Gasteiger partial charge in [-0.1, -0.05) is 41.7 Å². The monoisotopic (exact) mass is 507 g/mol. The van der Waals surface area contributed by atoms with Crippen molar-refractivity contribution in [2.75, 3.05) is 18.4 Å². The van der Waals surface area contributed by atoms with Crippen LogP contribution in [0.5, 0.6) is 0 Å². The van der Waals surface area contributed by atoms with Crippen LogP contribution in [-0.4, -0.2) is 39.2 Å². The van der Waals surface area contributed by atoms with Gasteiger partial charge in [-0.3, -0.25) is 0 Å². The lowest BCUT2D eigenvalue weighted by Gasteiger charge is -2.25. The number of hydrogen-bond donors (Lipinski definition) is 1. The van der Waals surface area contributed by atoms with Gasteiger partial charge in [0.15, 0.2) is 5.13 Å². The molecule has 3 heterocycles. The molecular weight excluding hydrogens is 474 g/mol. The van der Waals surface area contributed by atoms with E-state index in [0.29, 0.717) is 0 Å². The summed E-state index contributed by atoms with van der Waals surface area (Å²) >= 11 is 1.65. The van der Waals surface area contributed by atoms with E-state index < -0.39 is 0 Å². The van der Waals surface area contributed by atoms with E-state index in [0.717, 1.165) is 52.4 Å². The van der Waals surface area contributed by atoms with Gasteiger partial charge in [0.1, 0.15) is 5.69 Å². The normalized spacial score (nSPS) is 19.4. The molecule has 37 heavy (non-hydrogen) atoms. The van der Waals surface area contributed by atoms with Crippen molar-refractivity contribution in [3.63, 3.8) is 0 Å². The van der Waals surface area contributed by atoms with Gasteiger partial charge in [0.05, 0.1) is 10.6 Å². The summed E-state index contributed by atoms with van der Waals surface area (Å²) in [5, 5.41) is 13.8. The minimum atomic E-state index is 0.753. The summed E-state index contributed by atoms with van der Waals surface area (Å²) in [4.78, 5) is 8.46. The van der Waals surface area contributed by atoms with Crippen LogP contribution in [0.1, 0.15) is 54.4 Å². The molecule has 1 unspecified atom stereocenters. The van der Waals surface area contributed by atoms with E-state index >= 15 is 0 Å². The molecule has 188 valence electrons. The number of nitrogens with one attached hydrogen (secondary N) is 1. The first-order chi connectivity index (χ1) is 18.3. The molecule has 0 spiro atoms. The maximum atomic E-state index is 4.69. The van der Waals surface area contributed by atoms with Crippen molar-refractivity contribution in [1.29, 1.82) is 0 Å². The van der Waals surface area contributed by atoms with Crippen LogP contribution < -0.4 is 5.32 Å². The van der Waals surface area contributed by atoms with E-state index in [1.165, 1.54) is 79.4 Å². The van der Waals surface area contributed by atoms with Gasteiger partial charge < -0.3 is 10.2 Å². The third-order valence-corrected chi connectivity index (χ3v) is 9.34. The number of anilines is 2. The van der Waals surface area contributed by atoms with Gasteiger partial charge >= 0.3 is 0 Å². The minimum Gasteiger partial charge on any atom is -0.332 e. The summed E-state index contributed by atoms with van der Waals surface area (Å²) in [6.45, 7) is 2.59. The highest BCUT2D eigenvalue weighted by molar-refractivity contribution is 7.18. The van der Waals surface area contributed by atoms with Crippen molar-refractivity contribution < 1.29 is 0 Å². The number of benzene rings is 2. The van der Waals surface area contributed by atoms with Crippen LogP contribution in [0.15, 0.2) is 54.7 Å². The Kier molecular flexibility index (Phi) is 6.23. The van der Waals surface area contributed by atoms with Crippen LogP contribution in [0.3, 0.4) is 0 Å². The van der Waals surface area contributed by atoms with Gasteiger partial charge in [0.25, 0.3) is 0 Å². The zero-order valence-corrected chi connectivity index (χ0v) is 22.1. The number of fused-ring (bicyclic) bond motifs is 4. The predicted octanol–water partition coefficient (Wildman–Crippen LogP) is 6.84. The van der Waals surface area contributed by atoms with Crippen LogP contribution >= 0.6 is 11.3 Å². The lowest BCUT2D eigenvalue weighted by Crippen LogP contribution is -2.32. The van der Waals surface area contributed by atoms with Gasteiger partial charge in [0, 0.05) is 23.5 Å². The highest BCUT2D eigenvalue weighted by atomic mass is 32.1. The molecule has 7 rings (SSSR count). The molecule has 0 radical (unpaired) electrons. The second-order valence-electron chi connectivity index (χ2n) is 10.7. The number of aryl methyl sites for hydroxylation is 4. The number of thiazole rings is 1. The van der Waals surface area contributed by atoms with E-state index in [1.54, 1.807) is 11.3 Å². The summed E-state index contributed by atoms with van der Waals surface area (Å²) in [7, 11) is 0. The number of likely N-dealkylation sites (tertiary alicyclic amines) is 1. The average Bonchev–Trinajstić information content (AvgIpc) is 3.54. The quantitative estimate of drug-likeness (QED) is 0.306. The molecule has 1 N–H and O–H groups in total. The number of rotatable bonds is 4. The zero-order chi connectivity index (χ0) is 24.6. The third-order valence-electron chi connectivity index (χ3n) is 8.40. The Morgan fingerprint density at radius 2 is 1.62 bits per heavy atom. The molecule has 1 aliphatic heterocycles. The summed E-state index contributed by atoms with van der Waals surface area (Å²) in [5.41, 5.74) is 10.00. The highest BCUT2D eigenvalue weighted by Gasteiger charge is 2.24. The Morgan fingerprint density at radius 3 is 2.54 bits per heavy atom. The topological polar surface area (TPSA) is 53.9 Å². The number of aromatic nitrogens is 3. The van der Waals surface area contributed by atoms with Crippen LogP contribution in [0.2, 0.25) is 0 Å². The Balaban J connectivity index is 1.08. The first kappa shape index (κ1) is 23.1. The molecule has 2 aromatic heterocycles. The van der Waals surface area contributed by atoms with E-state index in [-0.39, 0.29) is 0 Å². The molecule has 0 amide bonds. The molecule has 0 saturated carbocycles. The van der Waals surface area contributed by atoms with Crippen molar-refractivity contribution in [1.82, 2.24) is 20.1 Å². The van der Waals surface area contributed by atoms with Crippen molar-refractivity contribution in [3.05, 3.63) is 77.0 Å². The van der Waals surface area contributed by atoms with Crippen LogP contribution in [0.25, 0.3) is 21.8 Å². The lowest BCUT2D eigenvalue weighted by molar-refractivity contribution is 0.222. The Morgan fingerprint density at radius 1 is 0.784 bits per heavy atom. The zero-order valence-electron chi connectivity index (χ0n) is 21.2. The van der Waals surface area contributed by atoms with E-state index in [4.69, 9.17) is 0 Å². The fraction of sp³-hybridized carbons (Fsp3) is 0.387. The number of nitrogens with zero attached hydrogens (tertiary/aromatic N) is 4. The Labute approximate surface area is 223 Å². The summed E-state index contributed by atoms with van der Waals surface area (Å²) in [6, 6.07) is 18.5. The fourth-order valence-electron chi connectivity index (χ4n) is 6.42. The average molecular weight is 508 g/mol. The van der Waals surface area contributed by atoms with E-state index in [2.05, 4.69) is 73.9 Å². The highest BCUT2D eigenvalue weighted by Crippen LogP contribution is 2.35. The molecule has 6 heteroatoms. The Bertz CT molecular complexity index is 1420. The van der Waals surface area contributed by atoms with Gasteiger partial charge in [-0.15, -0.1) is 10.2 Å². The van der Waals surface area contributed by atoms with Crippen molar-refractivity contribution in [2.45, 2.75) is 63.8 Å². The molecule has 0 bridgehead atoms. The van der Waals surface area contributed by atoms with Crippen LogP contribution in [0, 0.1) is 0 Å². The third kappa shape index (κ3) is 4.69. The van der Waals surface area contributed by atoms with Crippen LogP contribution in [-0.2, 0) is 25.7 Å². The summed E-state index contributed by atoms with van der Waals surface area (Å²) < 4.78 is 0. The Hall–Kier alpha value is -3.09. The molecule has 1 atom stereocenters. The van der Waals surface area contributed by atoms with E-state index in [9.17, 15) is 0 Å². The molecule has 3 aliphatic rings. The molecule has 4 aromatic rings. The fourth-order valence-corrected chi connectivity index (χ4v) is 7.21.